The van der Waals surface area contributed by atoms with Crippen molar-refractivity contribution in [3.05, 3.63) is 115 Å². The van der Waals surface area contributed by atoms with E-state index in [2.05, 4.69) is 47.4 Å². The van der Waals surface area contributed by atoms with Gasteiger partial charge in [-0.2, -0.15) is 73.4 Å². The van der Waals surface area contributed by atoms with Crippen LogP contribution in [0.4, 0.5) is 61.5 Å². The minimum absolute atomic E-state index is 0.0114. The van der Waals surface area contributed by atoms with Crippen LogP contribution in [0, 0.1) is 22.7 Å². The highest BCUT2D eigenvalue weighted by Gasteiger charge is 2.76. The molecule has 4 N–H and O–H groups in total. The van der Waals surface area contributed by atoms with Crippen molar-refractivity contribution in [3.8, 4) is 46.0 Å². The van der Waals surface area contributed by atoms with Crippen molar-refractivity contribution < 1.29 is 81.0 Å². The van der Waals surface area contributed by atoms with Gasteiger partial charge < -0.3 is 25.3 Å². The minimum atomic E-state index is -6.44. The van der Waals surface area contributed by atoms with Gasteiger partial charge in [0.05, 0.1) is 66.0 Å². The van der Waals surface area contributed by atoms with Crippen molar-refractivity contribution in [1.82, 2.24) is 34.0 Å². The van der Waals surface area contributed by atoms with Gasteiger partial charge in [0.25, 0.3) is 5.91 Å². The number of amides is 2. The molecule has 4 aromatic heterocycles. The predicted molar refractivity (Wildman–Crippen MR) is 236 cm³/mol. The second kappa shape index (κ2) is 19.9. The molecule has 0 saturated heterocycles. The van der Waals surface area contributed by atoms with Crippen LogP contribution >= 0.6 is 55.1 Å². The SMILES string of the molecule is N#CCn1c(C(F)(C(F)(F)F)C(F)(F)F)cc(Br)c1-n1cc(-c2ccc(Cl)c(C(=O)NC3(C#N)CC3)c2)cn1.NC(=O)Cn1c(C(F)(C(F)(F)F)C(F)(F)F)cc(Br)c1-n1cc(-c2ccc(Cl)c(C(=O)O)c2)cn1. The van der Waals surface area contributed by atoms with Crippen molar-refractivity contribution >= 4 is 72.8 Å². The second-order valence-corrected chi connectivity index (χ2v) is 18.2. The third-order valence-electron chi connectivity index (χ3n) is 10.8. The number of nitriles is 2. The molecule has 7 rings (SSSR count). The zero-order valence-electron chi connectivity index (χ0n) is 35.9. The van der Waals surface area contributed by atoms with E-state index in [1.807, 2.05) is 6.07 Å². The van der Waals surface area contributed by atoms with E-state index in [0.29, 0.717) is 24.5 Å². The molecule has 392 valence electrons. The molecule has 1 fully saturated rings. The molecule has 0 unspecified atom stereocenters. The molecule has 6 aromatic rings. The van der Waals surface area contributed by atoms with Crippen molar-refractivity contribution in [2.45, 2.75) is 67.5 Å². The molecule has 4 heterocycles. The normalized spacial score (nSPS) is 13.9. The Kier molecular flexibility index (Phi) is 15.2. The van der Waals surface area contributed by atoms with E-state index in [4.69, 9.17) is 34.2 Å². The van der Waals surface area contributed by atoms with Crippen LogP contribution in [0.25, 0.3) is 33.9 Å². The first-order valence-corrected chi connectivity index (χ1v) is 22.2. The standard InChI is InChI=1S/C23H13BrClF7N6O.C19H11BrClF7N4O3/c24-15-8-17(21(26,22(27,28)29)23(30,31)32)37(6-5-33)19(15)38-10-13(9-35-38)12-1-2-16(25)14(7-12)18(39)36-20(11-34)3-4-20;20-11-4-13(17(22,18(23,24)25)19(26,27)28)31(7-14(29)33)15(11)32-6-9(5-30-32)8-1-2-12(21)10(3-8)16(34)35/h1-2,7-10H,3-4,6H2,(H,36,39);1-6H,7H2,(H2,29,33)(H,34,35). The fourth-order valence-corrected chi connectivity index (χ4v) is 8.72. The summed E-state index contributed by atoms with van der Waals surface area (Å²) >= 11 is 17.6. The van der Waals surface area contributed by atoms with Gasteiger partial charge in [-0.1, -0.05) is 35.3 Å². The number of carbonyl (C=O) groups excluding carboxylic acids is 2. The third kappa shape index (κ3) is 10.4. The quantitative estimate of drug-likeness (QED) is 0.100. The number of primary amides is 1. The monoisotopic (exact) mass is 1230 g/mol. The molecule has 0 radical (unpaired) electrons. The Morgan fingerprint density at radius 3 is 1.46 bits per heavy atom. The number of halogens is 18. The van der Waals surface area contributed by atoms with E-state index >= 15 is 0 Å². The molecule has 14 nitrogen and oxygen atoms in total. The highest BCUT2D eigenvalue weighted by molar-refractivity contribution is 9.11. The Bertz CT molecular complexity index is 3260. The molecular formula is C42H24Br2Cl2F14N10O4. The van der Waals surface area contributed by atoms with Crippen LogP contribution in [0.15, 0.2) is 82.3 Å². The number of benzene rings is 2. The van der Waals surface area contributed by atoms with Gasteiger partial charge in [-0.3, -0.25) is 9.59 Å². The number of carbonyl (C=O) groups is 3. The van der Waals surface area contributed by atoms with Gasteiger partial charge >= 0.3 is 42.0 Å². The number of hydrogen-bond donors (Lipinski definition) is 3. The van der Waals surface area contributed by atoms with Gasteiger partial charge in [0.15, 0.2) is 0 Å². The Hall–Kier alpha value is -6.63. The largest absolute Gasteiger partial charge is 0.478 e. The minimum Gasteiger partial charge on any atom is -0.478 e. The lowest BCUT2D eigenvalue weighted by molar-refractivity contribution is -0.351. The molecule has 1 saturated carbocycles. The summed E-state index contributed by atoms with van der Waals surface area (Å²) in [5.41, 5.74) is -10.7. The first kappa shape index (κ1) is 56.7. The molecule has 0 spiro atoms. The average Bonchev–Trinajstić information content (AvgIpc) is 3.64. The van der Waals surface area contributed by atoms with Crippen LogP contribution in [-0.2, 0) is 29.2 Å². The predicted octanol–water partition coefficient (Wildman–Crippen LogP) is 11.6. The van der Waals surface area contributed by atoms with Gasteiger partial charge in [0, 0.05) is 23.5 Å². The van der Waals surface area contributed by atoms with E-state index in [0.717, 1.165) is 27.8 Å². The Morgan fingerprint density at radius 1 is 0.676 bits per heavy atom. The summed E-state index contributed by atoms with van der Waals surface area (Å²) in [6, 6.07) is 12.0. The number of hydrogen-bond acceptors (Lipinski definition) is 7. The molecule has 0 bridgehead atoms. The highest BCUT2D eigenvalue weighted by atomic mass is 79.9. The molecular weight excluding hydrogens is 1210 g/mol. The number of aromatic nitrogens is 6. The average molecular weight is 1230 g/mol. The lowest BCUT2D eigenvalue weighted by Crippen LogP contribution is -2.51. The maximum absolute atomic E-state index is 14.9. The summed E-state index contributed by atoms with van der Waals surface area (Å²) in [6.07, 6.45) is -20.1. The summed E-state index contributed by atoms with van der Waals surface area (Å²) in [6.45, 7) is -2.33. The smallest absolute Gasteiger partial charge is 0.437 e. The fourth-order valence-electron chi connectivity index (χ4n) is 7.09. The van der Waals surface area contributed by atoms with Crippen molar-refractivity contribution in [3.63, 3.8) is 0 Å². The van der Waals surface area contributed by atoms with Crippen LogP contribution in [-0.4, -0.2) is 81.8 Å². The van der Waals surface area contributed by atoms with Gasteiger partial charge in [-0.05, 0) is 92.2 Å². The number of nitrogens with one attached hydrogen (secondary N) is 1. The lowest BCUT2D eigenvalue weighted by atomic mass is 10.0. The number of rotatable bonds is 12. The molecule has 32 heteroatoms. The summed E-state index contributed by atoms with van der Waals surface area (Å²) in [5.74, 6) is -4.40. The van der Waals surface area contributed by atoms with Crippen molar-refractivity contribution in [1.29, 1.82) is 10.5 Å². The van der Waals surface area contributed by atoms with E-state index in [-0.39, 0.29) is 53.1 Å². The molecule has 1 aliphatic rings. The molecule has 0 atom stereocenters. The van der Waals surface area contributed by atoms with Crippen LogP contribution in [0.2, 0.25) is 10.0 Å². The number of alkyl halides is 14. The first-order chi connectivity index (χ1) is 34.1. The van der Waals surface area contributed by atoms with Crippen LogP contribution in [0.3, 0.4) is 0 Å². The van der Waals surface area contributed by atoms with E-state index in [1.54, 1.807) is 0 Å². The summed E-state index contributed by atoms with van der Waals surface area (Å²) in [7, 11) is 0. The molecule has 2 aromatic carbocycles. The van der Waals surface area contributed by atoms with E-state index in [1.165, 1.54) is 48.8 Å². The summed E-state index contributed by atoms with van der Waals surface area (Å²) in [4.78, 5) is 35.5. The van der Waals surface area contributed by atoms with Gasteiger partial charge in [-0.25, -0.2) is 22.9 Å². The van der Waals surface area contributed by atoms with Crippen LogP contribution in [0.5, 0.6) is 0 Å². The lowest BCUT2D eigenvalue weighted by Gasteiger charge is -2.31. The van der Waals surface area contributed by atoms with Crippen molar-refractivity contribution in [2.24, 2.45) is 5.73 Å². The Morgan fingerprint density at radius 2 is 1.08 bits per heavy atom. The fraction of sp³-hybridized carbons (Fsp3) is 0.262. The molecule has 0 aliphatic heterocycles. The van der Waals surface area contributed by atoms with Crippen LogP contribution < -0.4 is 11.1 Å². The van der Waals surface area contributed by atoms with E-state index in [9.17, 15) is 86.2 Å². The zero-order chi connectivity index (χ0) is 55.5. The second-order valence-electron chi connectivity index (χ2n) is 15.7. The van der Waals surface area contributed by atoms with Crippen molar-refractivity contribution in [2.75, 3.05) is 0 Å². The maximum Gasteiger partial charge on any atom is 0.437 e. The number of aromatic carboxylic acids is 1. The van der Waals surface area contributed by atoms with Gasteiger partial charge in [0.2, 0.25) is 5.91 Å². The van der Waals surface area contributed by atoms with E-state index < -0.39 is 104 Å². The molecule has 74 heavy (non-hydrogen) atoms. The summed E-state index contributed by atoms with van der Waals surface area (Å²) < 4.78 is 192. The summed E-state index contributed by atoms with van der Waals surface area (Å²) in [5, 5.41) is 37.9. The maximum atomic E-state index is 14.9. The third-order valence-corrected chi connectivity index (χ3v) is 12.7. The Balaban J connectivity index is 0.000000242. The topological polar surface area (TPSA) is 203 Å². The number of carboxylic acid groups (broad SMARTS) is 1. The zero-order valence-corrected chi connectivity index (χ0v) is 40.6. The van der Waals surface area contributed by atoms with Gasteiger partial charge in [-0.15, -0.1) is 0 Å². The van der Waals surface area contributed by atoms with Crippen LogP contribution in [0.1, 0.15) is 44.9 Å². The highest BCUT2D eigenvalue weighted by Crippen LogP contribution is 2.56. The number of carboxylic acids is 1. The Labute approximate surface area is 430 Å². The number of nitrogens with two attached hydrogens (primary N) is 1. The first-order valence-electron chi connectivity index (χ1n) is 19.8. The molecule has 2 amide bonds. The van der Waals surface area contributed by atoms with Gasteiger partial charge in [0.1, 0.15) is 30.3 Å². The molecule has 1 aliphatic carbocycles. The number of nitrogens with zero attached hydrogens (tertiary/aromatic N) is 8.